The van der Waals surface area contributed by atoms with Crippen molar-refractivity contribution in [2.24, 2.45) is 5.73 Å². The summed E-state index contributed by atoms with van der Waals surface area (Å²) in [5, 5.41) is 2.13. The van der Waals surface area contributed by atoms with Gasteiger partial charge in [-0.05, 0) is 35.1 Å². The summed E-state index contributed by atoms with van der Waals surface area (Å²) in [5.74, 6) is 0. The van der Waals surface area contributed by atoms with Crippen LogP contribution in [0.3, 0.4) is 0 Å². The molecule has 0 spiro atoms. The molecule has 0 atom stereocenters. The van der Waals surface area contributed by atoms with Crippen molar-refractivity contribution in [3.63, 3.8) is 0 Å². The van der Waals surface area contributed by atoms with Gasteiger partial charge in [0.25, 0.3) is 0 Å². The maximum atomic E-state index is 5.59. The molecule has 2 heteroatoms. The zero-order valence-corrected chi connectivity index (χ0v) is 8.97. The SMILES string of the molecule is Cc1ccccc1-c1cc(CN)cs1. The Labute approximate surface area is 88.2 Å². The number of hydrogen-bond acceptors (Lipinski definition) is 2. The molecule has 72 valence electrons. The lowest BCUT2D eigenvalue weighted by atomic mass is 10.1. The van der Waals surface area contributed by atoms with Crippen molar-refractivity contribution in [3.8, 4) is 10.4 Å². The first-order valence-electron chi connectivity index (χ1n) is 4.65. The van der Waals surface area contributed by atoms with Crippen LogP contribution in [-0.4, -0.2) is 0 Å². The molecule has 0 aliphatic heterocycles. The molecule has 1 aromatic heterocycles. The predicted molar refractivity (Wildman–Crippen MR) is 62.4 cm³/mol. The molecular formula is C12H13NS. The van der Waals surface area contributed by atoms with Crippen molar-refractivity contribution >= 4 is 11.3 Å². The lowest BCUT2D eigenvalue weighted by Gasteiger charge is -2.00. The zero-order chi connectivity index (χ0) is 9.97. The number of benzene rings is 1. The van der Waals surface area contributed by atoms with Gasteiger partial charge < -0.3 is 5.73 Å². The van der Waals surface area contributed by atoms with E-state index >= 15 is 0 Å². The largest absolute Gasteiger partial charge is 0.326 e. The van der Waals surface area contributed by atoms with E-state index in [1.54, 1.807) is 11.3 Å². The first-order valence-corrected chi connectivity index (χ1v) is 5.52. The van der Waals surface area contributed by atoms with Crippen molar-refractivity contribution in [2.75, 3.05) is 0 Å². The summed E-state index contributed by atoms with van der Waals surface area (Å²) in [6.07, 6.45) is 0. The molecule has 1 nitrogen and oxygen atoms in total. The molecule has 0 fully saturated rings. The molecule has 0 unspecified atom stereocenters. The Morgan fingerprint density at radius 1 is 1.29 bits per heavy atom. The van der Waals surface area contributed by atoms with Crippen LogP contribution in [0.5, 0.6) is 0 Å². The molecule has 14 heavy (non-hydrogen) atoms. The van der Waals surface area contributed by atoms with Crippen molar-refractivity contribution in [2.45, 2.75) is 13.5 Å². The highest BCUT2D eigenvalue weighted by atomic mass is 32.1. The van der Waals surface area contributed by atoms with Gasteiger partial charge in [0.05, 0.1) is 0 Å². The van der Waals surface area contributed by atoms with E-state index < -0.39 is 0 Å². The Bertz CT molecular complexity index is 431. The fourth-order valence-corrected chi connectivity index (χ4v) is 2.49. The second kappa shape index (κ2) is 3.95. The van der Waals surface area contributed by atoms with E-state index in [1.807, 2.05) is 0 Å². The quantitative estimate of drug-likeness (QED) is 0.797. The third-order valence-corrected chi connectivity index (χ3v) is 3.31. The van der Waals surface area contributed by atoms with E-state index in [-0.39, 0.29) is 0 Å². The standard InChI is InChI=1S/C12H13NS/c1-9-4-2-3-5-11(9)12-6-10(7-13)8-14-12/h2-6,8H,7,13H2,1H3. The maximum absolute atomic E-state index is 5.59. The lowest BCUT2D eigenvalue weighted by Crippen LogP contribution is -1.92. The average Bonchev–Trinajstić information content (AvgIpc) is 2.67. The zero-order valence-electron chi connectivity index (χ0n) is 8.16. The van der Waals surface area contributed by atoms with Gasteiger partial charge in [0.2, 0.25) is 0 Å². The molecule has 0 saturated carbocycles. The molecule has 0 bridgehead atoms. The minimum absolute atomic E-state index is 0.627. The summed E-state index contributed by atoms with van der Waals surface area (Å²) in [6.45, 7) is 2.76. The molecule has 2 rings (SSSR count). The van der Waals surface area contributed by atoms with Crippen molar-refractivity contribution in [1.29, 1.82) is 0 Å². The van der Waals surface area contributed by atoms with Gasteiger partial charge in [0, 0.05) is 11.4 Å². The Kier molecular flexibility index (Phi) is 2.66. The molecular weight excluding hydrogens is 190 g/mol. The molecule has 0 aliphatic rings. The van der Waals surface area contributed by atoms with Crippen LogP contribution in [0.2, 0.25) is 0 Å². The molecule has 0 amide bonds. The Morgan fingerprint density at radius 2 is 2.07 bits per heavy atom. The summed E-state index contributed by atoms with van der Waals surface area (Å²) >= 11 is 1.76. The van der Waals surface area contributed by atoms with Crippen LogP contribution in [0.15, 0.2) is 35.7 Å². The number of thiophene rings is 1. The van der Waals surface area contributed by atoms with Gasteiger partial charge in [-0.3, -0.25) is 0 Å². The fraction of sp³-hybridized carbons (Fsp3) is 0.167. The molecule has 2 N–H and O–H groups in total. The van der Waals surface area contributed by atoms with Gasteiger partial charge in [-0.25, -0.2) is 0 Å². The molecule has 1 heterocycles. The van der Waals surface area contributed by atoms with E-state index in [9.17, 15) is 0 Å². The van der Waals surface area contributed by atoms with E-state index in [0.717, 1.165) is 0 Å². The molecule has 0 radical (unpaired) electrons. The predicted octanol–water partition coefficient (Wildman–Crippen LogP) is 3.18. The van der Waals surface area contributed by atoms with Gasteiger partial charge in [0.1, 0.15) is 0 Å². The summed E-state index contributed by atoms with van der Waals surface area (Å²) in [6, 6.07) is 10.6. The lowest BCUT2D eigenvalue weighted by molar-refractivity contribution is 1.08. The van der Waals surface area contributed by atoms with Crippen LogP contribution < -0.4 is 5.73 Å². The first kappa shape index (κ1) is 9.44. The second-order valence-corrected chi connectivity index (χ2v) is 4.25. The van der Waals surface area contributed by atoms with Crippen LogP contribution in [0, 0.1) is 6.92 Å². The van der Waals surface area contributed by atoms with Crippen LogP contribution >= 0.6 is 11.3 Å². The minimum atomic E-state index is 0.627. The van der Waals surface area contributed by atoms with E-state index in [2.05, 4.69) is 42.6 Å². The van der Waals surface area contributed by atoms with Gasteiger partial charge in [0.15, 0.2) is 0 Å². The van der Waals surface area contributed by atoms with Crippen molar-refractivity contribution < 1.29 is 0 Å². The molecule has 0 aliphatic carbocycles. The van der Waals surface area contributed by atoms with E-state index in [4.69, 9.17) is 5.73 Å². The summed E-state index contributed by atoms with van der Waals surface area (Å²) in [5.41, 5.74) is 9.44. The Morgan fingerprint density at radius 3 is 2.71 bits per heavy atom. The van der Waals surface area contributed by atoms with E-state index in [1.165, 1.54) is 21.6 Å². The monoisotopic (exact) mass is 203 g/mol. The molecule has 1 aromatic carbocycles. The molecule has 0 saturated heterocycles. The van der Waals surface area contributed by atoms with Gasteiger partial charge in [-0.15, -0.1) is 11.3 Å². The topological polar surface area (TPSA) is 26.0 Å². The fourth-order valence-electron chi connectivity index (χ4n) is 1.47. The Balaban J connectivity index is 2.44. The van der Waals surface area contributed by atoms with Gasteiger partial charge in [-0.2, -0.15) is 0 Å². The minimum Gasteiger partial charge on any atom is -0.326 e. The Hall–Kier alpha value is -1.12. The highest BCUT2D eigenvalue weighted by molar-refractivity contribution is 7.13. The highest BCUT2D eigenvalue weighted by Gasteiger charge is 2.03. The van der Waals surface area contributed by atoms with Crippen LogP contribution in [0.25, 0.3) is 10.4 Å². The summed E-state index contributed by atoms with van der Waals surface area (Å²) < 4.78 is 0. The molecule has 2 aromatic rings. The second-order valence-electron chi connectivity index (χ2n) is 3.34. The number of rotatable bonds is 2. The third kappa shape index (κ3) is 1.72. The summed E-state index contributed by atoms with van der Waals surface area (Å²) in [7, 11) is 0. The third-order valence-electron chi connectivity index (χ3n) is 2.30. The van der Waals surface area contributed by atoms with Crippen LogP contribution in [-0.2, 0) is 6.54 Å². The number of aryl methyl sites for hydroxylation is 1. The normalized spacial score (nSPS) is 10.4. The van der Waals surface area contributed by atoms with Crippen LogP contribution in [0.4, 0.5) is 0 Å². The maximum Gasteiger partial charge on any atom is 0.0348 e. The first-order chi connectivity index (χ1) is 6.81. The van der Waals surface area contributed by atoms with Crippen molar-refractivity contribution in [1.82, 2.24) is 0 Å². The van der Waals surface area contributed by atoms with E-state index in [0.29, 0.717) is 6.54 Å². The number of hydrogen-bond donors (Lipinski definition) is 1. The van der Waals surface area contributed by atoms with Gasteiger partial charge in [-0.1, -0.05) is 24.3 Å². The van der Waals surface area contributed by atoms with Crippen molar-refractivity contribution in [3.05, 3.63) is 46.8 Å². The van der Waals surface area contributed by atoms with Crippen LogP contribution in [0.1, 0.15) is 11.1 Å². The average molecular weight is 203 g/mol. The summed E-state index contributed by atoms with van der Waals surface area (Å²) in [4.78, 5) is 1.31. The highest BCUT2D eigenvalue weighted by Crippen LogP contribution is 2.29. The smallest absolute Gasteiger partial charge is 0.0348 e. The number of nitrogens with two attached hydrogens (primary N) is 1. The van der Waals surface area contributed by atoms with Gasteiger partial charge >= 0.3 is 0 Å².